The van der Waals surface area contributed by atoms with Gasteiger partial charge in [0.05, 0.1) is 5.69 Å². The molecule has 1 saturated heterocycles. The van der Waals surface area contributed by atoms with Crippen molar-refractivity contribution in [3.8, 4) is 0 Å². The van der Waals surface area contributed by atoms with Crippen molar-refractivity contribution in [1.82, 2.24) is 20.0 Å². The van der Waals surface area contributed by atoms with E-state index in [-0.39, 0.29) is 11.8 Å². The number of hydrogen-bond acceptors (Lipinski definition) is 4. The predicted molar refractivity (Wildman–Crippen MR) is 109 cm³/mol. The van der Waals surface area contributed by atoms with E-state index in [0.717, 1.165) is 34.8 Å². The normalized spacial score (nSPS) is 17.1. The van der Waals surface area contributed by atoms with Crippen LogP contribution in [0.3, 0.4) is 0 Å². The molecule has 1 atom stereocenters. The summed E-state index contributed by atoms with van der Waals surface area (Å²) < 4.78 is 2.01. The number of carbonyl (C=O) groups excluding carboxylic acids is 2. The van der Waals surface area contributed by atoms with E-state index in [2.05, 4.69) is 15.6 Å². The molecule has 1 aliphatic rings. The van der Waals surface area contributed by atoms with E-state index < -0.39 is 6.04 Å². The number of nitrogens with zero attached hydrogens (tertiary/aromatic N) is 2. The van der Waals surface area contributed by atoms with Gasteiger partial charge in [-0.05, 0) is 55.7 Å². The number of hydrogen-bond donors (Lipinski definition) is 2. The van der Waals surface area contributed by atoms with Gasteiger partial charge in [-0.2, -0.15) is 0 Å². The zero-order valence-corrected chi connectivity index (χ0v) is 16.2. The van der Waals surface area contributed by atoms with Crippen molar-refractivity contribution in [2.24, 2.45) is 0 Å². The van der Waals surface area contributed by atoms with Crippen LogP contribution in [0.15, 0.2) is 59.8 Å². The van der Waals surface area contributed by atoms with Crippen LogP contribution in [0.2, 0.25) is 0 Å². The summed E-state index contributed by atoms with van der Waals surface area (Å²) in [4.78, 5) is 30.1. The number of amides is 2. The Bertz CT molecular complexity index is 950. The zero-order chi connectivity index (χ0) is 19.3. The molecule has 144 valence electrons. The number of carbonyl (C=O) groups is 2. The summed E-state index contributed by atoms with van der Waals surface area (Å²) in [6, 6.07) is 13.0. The van der Waals surface area contributed by atoms with E-state index in [1.165, 1.54) is 0 Å². The van der Waals surface area contributed by atoms with Gasteiger partial charge in [-0.15, -0.1) is 11.8 Å². The number of imidazole rings is 1. The standard InChI is InChI=1S/C21H22N4O2S/c26-20(24-18-5-1-3-11-22-21(18)27)15-7-9-17(10-8-15)28-14-16-13-25-12-4-2-6-19(25)23-16/h2,4,6-10,12-13,18H,1,3,5,11,14H2,(H,22,27)(H,24,26)/t18-/m0/s1. The summed E-state index contributed by atoms with van der Waals surface area (Å²) in [5.74, 6) is 0.458. The highest BCUT2D eigenvalue weighted by molar-refractivity contribution is 7.98. The van der Waals surface area contributed by atoms with Gasteiger partial charge in [-0.3, -0.25) is 9.59 Å². The lowest BCUT2D eigenvalue weighted by molar-refractivity contribution is -0.122. The van der Waals surface area contributed by atoms with Crippen LogP contribution in [0, 0.1) is 0 Å². The topological polar surface area (TPSA) is 75.5 Å². The van der Waals surface area contributed by atoms with Gasteiger partial charge in [0, 0.05) is 35.2 Å². The fraction of sp³-hybridized carbons (Fsp3) is 0.286. The Hall–Kier alpha value is -2.80. The van der Waals surface area contributed by atoms with Crippen molar-refractivity contribution in [1.29, 1.82) is 0 Å². The van der Waals surface area contributed by atoms with Crippen molar-refractivity contribution >= 4 is 29.2 Å². The first-order valence-electron chi connectivity index (χ1n) is 9.43. The minimum Gasteiger partial charge on any atom is -0.354 e. The SMILES string of the molecule is O=C(N[C@H]1CCCCNC1=O)c1ccc(SCc2cn3ccccc3n2)cc1. The van der Waals surface area contributed by atoms with E-state index in [9.17, 15) is 9.59 Å². The number of aromatic nitrogens is 2. The second kappa shape index (κ2) is 8.48. The van der Waals surface area contributed by atoms with Crippen LogP contribution >= 0.6 is 11.8 Å². The van der Waals surface area contributed by atoms with Crippen LogP contribution in [-0.2, 0) is 10.5 Å². The number of fused-ring (bicyclic) bond motifs is 1. The molecular formula is C21H22N4O2S. The molecule has 0 bridgehead atoms. The van der Waals surface area contributed by atoms with E-state index in [0.29, 0.717) is 18.5 Å². The first-order chi connectivity index (χ1) is 13.7. The second-order valence-corrected chi connectivity index (χ2v) is 7.87. The molecule has 6 nitrogen and oxygen atoms in total. The number of nitrogens with one attached hydrogen (secondary N) is 2. The Balaban J connectivity index is 1.35. The third-order valence-electron chi connectivity index (χ3n) is 4.76. The molecule has 2 amide bonds. The molecule has 28 heavy (non-hydrogen) atoms. The monoisotopic (exact) mass is 394 g/mol. The van der Waals surface area contributed by atoms with Crippen LogP contribution in [0.4, 0.5) is 0 Å². The molecule has 1 aliphatic heterocycles. The van der Waals surface area contributed by atoms with Gasteiger partial charge < -0.3 is 15.0 Å². The molecule has 2 N–H and O–H groups in total. The fourth-order valence-electron chi connectivity index (χ4n) is 3.24. The lowest BCUT2D eigenvalue weighted by atomic mass is 10.1. The highest BCUT2D eigenvalue weighted by atomic mass is 32.2. The van der Waals surface area contributed by atoms with E-state index in [1.807, 2.05) is 47.1 Å². The number of rotatable bonds is 5. The lowest BCUT2D eigenvalue weighted by Gasteiger charge is -2.15. The Morgan fingerprint density at radius 1 is 1.21 bits per heavy atom. The van der Waals surface area contributed by atoms with E-state index in [4.69, 9.17) is 0 Å². The summed E-state index contributed by atoms with van der Waals surface area (Å²) in [6.45, 7) is 0.684. The Morgan fingerprint density at radius 2 is 2.07 bits per heavy atom. The van der Waals surface area contributed by atoms with Gasteiger partial charge in [0.2, 0.25) is 5.91 Å². The second-order valence-electron chi connectivity index (χ2n) is 6.82. The van der Waals surface area contributed by atoms with E-state index >= 15 is 0 Å². The summed E-state index contributed by atoms with van der Waals surface area (Å²) in [5, 5.41) is 5.68. The molecule has 0 aliphatic carbocycles. The van der Waals surface area contributed by atoms with Crippen LogP contribution in [-0.4, -0.2) is 33.8 Å². The van der Waals surface area contributed by atoms with Gasteiger partial charge in [-0.1, -0.05) is 6.07 Å². The lowest BCUT2D eigenvalue weighted by Crippen LogP contribution is -2.45. The first-order valence-corrected chi connectivity index (χ1v) is 10.4. The average molecular weight is 395 g/mol. The number of benzene rings is 1. The van der Waals surface area contributed by atoms with Crippen LogP contribution in [0.25, 0.3) is 5.65 Å². The number of thioether (sulfide) groups is 1. The molecule has 0 spiro atoms. The smallest absolute Gasteiger partial charge is 0.251 e. The minimum atomic E-state index is -0.445. The third-order valence-corrected chi connectivity index (χ3v) is 5.80. The molecule has 1 fully saturated rings. The van der Waals surface area contributed by atoms with Crippen molar-refractivity contribution in [2.75, 3.05) is 6.54 Å². The molecule has 3 heterocycles. The fourth-order valence-corrected chi connectivity index (χ4v) is 4.02. The van der Waals surface area contributed by atoms with Crippen molar-refractivity contribution in [2.45, 2.75) is 36.0 Å². The molecule has 1 aromatic carbocycles. The van der Waals surface area contributed by atoms with Gasteiger partial charge in [-0.25, -0.2) is 4.98 Å². The van der Waals surface area contributed by atoms with Gasteiger partial charge >= 0.3 is 0 Å². The highest BCUT2D eigenvalue weighted by Gasteiger charge is 2.22. The quantitative estimate of drug-likeness (QED) is 0.653. The van der Waals surface area contributed by atoms with Gasteiger partial charge in [0.1, 0.15) is 11.7 Å². The summed E-state index contributed by atoms with van der Waals surface area (Å²) >= 11 is 1.68. The van der Waals surface area contributed by atoms with Gasteiger partial charge in [0.25, 0.3) is 5.91 Å². The maximum Gasteiger partial charge on any atom is 0.251 e. The van der Waals surface area contributed by atoms with Crippen LogP contribution in [0.5, 0.6) is 0 Å². The highest BCUT2D eigenvalue weighted by Crippen LogP contribution is 2.23. The molecule has 4 rings (SSSR count). The Morgan fingerprint density at radius 3 is 2.89 bits per heavy atom. The summed E-state index contributed by atoms with van der Waals surface area (Å²) in [5.41, 5.74) is 2.51. The third kappa shape index (κ3) is 4.36. The first kappa shape index (κ1) is 18.6. The molecule has 0 unspecified atom stereocenters. The largest absolute Gasteiger partial charge is 0.354 e. The molecule has 0 saturated carbocycles. The number of pyridine rings is 1. The van der Waals surface area contributed by atoms with Crippen molar-refractivity contribution < 1.29 is 9.59 Å². The predicted octanol–water partition coefficient (Wildman–Crippen LogP) is 3.03. The van der Waals surface area contributed by atoms with Crippen molar-refractivity contribution in [3.63, 3.8) is 0 Å². The molecule has 0 radical (unpaired) electrons. The van der Waals surface area contributed by atoms with Crippen LogP contribution < -0.4 is 10.6 Å². The zero-order valence-electron chi connectivity index (χ0n) is 15.4. The maximum absolute atomic E-state index is 12.5. The van der Waals surface area contributed by atoms with Crippen molar-refractivity contribution in [3.05, 3.63) is 66.1 Å². The molecular weight excluding hydrogens is 372 g/mol. The average Bonchev–Trinajstić information content (AvgIpc) is 3.03. The molecule has 2 aromatic heterocycles. The minimum absolute atomic E-state index is 0.0921. The maximum atomic E-state index is 12.5. The molecule has 3 aromatic rings. The molecule has 7 heteroatoms. The summed E-state index contributed by atoms with van der Waals surface area (Å²) in [7, 11) is 0. The van der Waals surface area contributed by atoms with Gasteiger partial charge in [0.15, 0.2) is 0 Å². The Labute approximate surface area is 167 Å². The van der Waals surface area contributed by atoms with E-state index in [1.54, 1.807) is 23.9 Å². The van der Waals surface area contributed by atoms with Crippen LogP contribution in [0.1, 0.15) is 35.3 Å². The Kier molecular flexibility index (Phi) is 5.62. The summed E-state index contributed by atoms with van der Waals surface area (Å²) in [6.07, 6.45) is 6.59.